The van der Waals surface area contributed by atoms with Crippen molar-refractivity contribution in [2.45, 2.75) is 44.8 Å². The van der Waals surface area contributed by atoms with Crippen LogP contribution >= 0.6 is 15.9 Å². The topological polar surface area (TPSA) is 65.0 Å². The van der Waals surface area contributed by atoms with E-state index in [9.17, 15) is 9.59 Å². The molecule has 1 aromatic carbocycles. The summed E-state index contributed by atoms with van der Waals surface area (Å²) < 4.78 is 6.85. The molecular formula is C22H20BrNO4. The van der Waals surface area contributed by atoms with Gasteiger partial charge in [0.1, 0.15) is 6.10 Å². The van der Waals surface area contributed by atoms with E-state index in [0.29, 0.717) is 12.0 Å². The fourth-order valence-electron chi connectivity index (χ4n) is 5.14. The van der Waals surface area contributed by atoms with Crippen molar-refractivity contribution in [3.8, 4) is 0 Å². The lowest BCUT2D eigenvalue weighted by Gasteiger charge is -2.43. The van der Waals surface area contributed by atoms with E-state index in [-0.39, 0.29) is 23.1 Å². The smallest absolute Gasteiger partial charge is 0.354 e. The first-order valence-corrected chi connectivity index (χ1v) is 10.3. The van der Waals surface area contributed by atoms with Gasteiger partial charge < -0.3 is 9.57 Å². The van der Waals surface area contributed by atoms with Gasteiger partial charge in [0.05, 0.1) is 11.6 Å². The van der Waals surface area contributed by atoms with Gasteiger partial charge in [-0.05, 0) is 49.1 Å². The van der Waals surface area contributed by atoms with Crippen molar-refractivity contribution in [1.29, 1.82) is 0 Å². The van der Waals surface area contributed by atoms with Gasteiger partial charge in [0, 0.05) is 21.9 Å². The predicted molar refractivity (Wildman–Crippen MR) is 107 cm³/mol. The molecule has 6 heteroatoms. The van der Waals surface area contributed by atoms with Crippen molar-refractivity contribution < 1.29 is 19.2 Å². The average Bonchev–Trinajstić information content (AvgIpc) is 3.22. The molecule has 1 unspecified atom stereocenters. The van der Waals surface area contributed by atoms with E-state index in [4.69, 9.17) is 9.57 Å². The molecule has 5 nitrogen and oxygen atoms in total. The van der Waals surface area contributed by atoms with Gasteiger partial charge in [-0.2, -0.15) is 0 Å². The van der Waals surface area contributed by atoms with Crippen molar-refractivity contribution >= 4 is 33.4 Å². The van der Waals surface area contributed by atoms with Crippen LogP contribution in [0, 0.1) is 11.3 Å². The average molecular weight is 442 g/mol. The van der Waals surface area contributed by atoms with Gasteiger partial charge in [-0.3, -0.25) is 4.79 Å². The summed E-state index contributed by atoms with van der Waals surface area (Å²) >= 11 is 3.43. The molecule has 2 aliphatic heterocycles. The van der Waals surface area contributed by atoms with Crippen LogP contribution in [0.5, 0.6) is 0 Å². The molecule has 1 saturated carbocycles. The Hall–Kier alpha value is -2.21. The van der Waals surface area contributed by atoms with Crippen molar-refractivity contribution in [3.63, 3.8) is 0 Å². The van der Waals surface area contributed by atoms with Crippen LogP contribution in [0.2, 0.25) is 0 Å². The van der Waals surface area contributed by atoms with Crippen molar-refractivity contribution in [2.24, 2.45) is 16.5 Å². The van der Waals surface area contributed by atoms with Gasteiger partial charge in [-0.15, -0.1) is 0 Å². The molecule has 1 saturated heterocycles. The number of rotatable bonds is 1. The molecule has 0 radical (unpaired) electrons. The van der Waals surface area contributed by atoms with E-state index in [1.165, 1.54) is 0 Å². The largest absolute Gasteiger partial charge is 0.454 e. The number of benzene rings is 1. The third-order valence-electron chi connectivity index (χ3n) is 6.72. The van der Waals surface area contributed by atoms with E-state index in [0.717, 1.165) is 34.2 Å². The molecule has 0 bridgehead atoms. The number of carbonyl (C=O) groups is 2. The number of hydrogen-bond donors (Lipinski definition) is 0. The predicted octanol–water partition coefficient (Wildman–Crippen LogP) is 4.11. The maximum Gasteiger partial charge on any atom is 0.354 e. The molecule has 144 valence electrons. The van der Waals surface area contributed by atoms with Crippen LogP contribution in [0.4, 0.5) is 0 Å². The number of allylic oxidation sites excluding steroid dienone is 3. The molecular weight excluding hydrogens is 422 g/mol. The standard InChI is InChI=1S/C22H20BrNO4/c1-12-17(25)8-10-21(2)9-7-15-19(18(12)21)27-20(26)22(15)11-16(24-28-22)13-3-5-14(23)6-4-13/h3-6,8,10,15,19H,7,9,11H2,1-2H3/t15-,19+,21+,22?/m1/s1. The van der Waals surface area contributed by atoms with Crippen LogP contribution in [-0.2, 0) is 19.2 Å². The van der Waals surface area contributed by atoms with Crippen LogP contribution < -0.4 is 0 Å². The number of esters is 1. The molecule has 2 fully saturated rings. The van der Waals surface area contributed by atoms with Gasteiger partial charge in [-0.1, -0.05) is 46.2 Å². The minimum atomic E-state index is -1.09. The molecule has 28 heavy (non-hydrogen) atoms. The highest BCUT2D eigenvalue weighted by molar-refractivity contribution is 9.10. The minimum absolute atomic E-state index is 0.00994. The summed E-state index contributed by atoms with van der Waals surface area (Å²) in [6.07, 6.45) is 5.20. The fourth-order valence-corrected chi connectivity index (χ4v) is 5.40. The summed E-state index contributed by atoms with van der Waals surface area (Å²) in [5.41, 5.74) is 1.97. The molecule has 5 rings (SSSR count). The molecule has 1 aromatic rings. The third-order valence-corrected chi connectivity index (χ3v) is 7.25. The normalized spacial score (nSPS) is 36.2. The Labute approximate surface area is 171 Å². The van der Waals surface area contributed by atoms with E-state index in [2.05, 4.69) is 28.0 Å². The second kappa shape index (κ2) is 5.89. The van der Waals surface area contributed by atoms with Crippen molar-refractivity contribution in [1.82, 2.24) is 0 Å². The summed E-state index contributed by atoms with van der Waals surface area (Å²) in [4.78, 5) is 31.1. The Morgan fingerprint density at radius 2 is 1.96 bits per heavy atom. The van der Waals surface area contributed by atoms with Crippen LogP contribution in [0.15, 0.2) is 57.2 Å². The highest BCUT2D eigenvalue weighted by Gasteiger charge is 2.66. The number of fused-ring (bicyclic) bond motifs is 4. The minimum Gasteiger partial charge on any atom is -0.454 e. The molecule has 4 aliphatic rings. The summed E-state index contributed by atoms with van der Waals surface area (Å²) in [5, 5.41) is 4.27. The SMILES string of the molecule is CC1=C2[C@H]3OC(=O)C4(CC(c5ccc(Br)cc5)=NO4)[C@@H]3CC[C@@]2(C)C=CC1=O. The molecule has 0 N–H and O–H groups in total. The van der Waals surface area contributed by atoms with Crippen LogP contribution in [0.25, 0.3) is 0 Å². The zero-order valence-electron chi connectivity index (χ0n) is 15.7. The molecule has 0 amide bonds. The van der Waals surface area contributed by atoms with E-state index < -0.39 is 11.7 Å². The fraction of sp³-hybridized carbons (Fsp3) is 0.409. The molecule has 2 heterocycles. The summed E-state index contributed by atoms with van der Waals surface area (Å²) in [5.74, 6) is -0.525. The Morgan fingerprint density at radius 1 is 1.21 bits per heavy atom. The number of ketones is 1. The molecule has 0 aromatic heterocycles. The zero-order valence-corrected chi connectivity index (χ0v) is 17.3. The van der Waals surface area contributed by atoms with Crippen LogP contribution in [-0.4, -0.2) is 29.2 Å². The Morgan fingerprint density at radius 3 is 2.71 bits per heavy atom. The Bertz CT molecular complexity index is 992. The highest BCUT2D eigenvalue weighted by atomic mass is 79.9. The second-order valence-corrected chi connectivity index (χ2v) is 9.24. The lowest BCUT2D eigenvalue weighted by atomic mass is 9.60. The second-order valence-electron chi connectivity index (χ2n) is 8.33. The lowest BCUT2D eigenvalue weighted by molar-refractivity contribution is -0.158. The Balaban J connectivity index is 1.50. The van der Waals surface area contributed by atoms with Gasteiger partial charge in [0.15, 0.2) is 5.78 Å². The zero-order chi connectivity index (χ0) is 19.7. The first-order valence-electron chi connectivity index (χ1n) is 9.51. The third kappa shape index (κ3) is 2.33. The lowest BCUT2D eigenvalue weighted by Crippen LogP contribution is -2.47. The quantitative estimate of drug-likeness (QED) is 0.615. The molecule has 4 atom stereocenters. The number of nitrogens with zero attached hydrogens (tertiary/aromatic N) is 1. The number of carbonyl (C=O) groups excluding carboxylic acids is 2. The van der Waals surface area contributed by atoms with Crippen molar-refractivity contribution in [3.05, 3.63) is 57.6 Å². The maximum atomic E-state index is 13.0. The van der Waals surface area contributed by atoms with E-state index in [1.54, 1.807) is 6.08 Å². The number of oxime groups is 1. The van der Waals surface area contributed by atoms with E-state index in [1.807, 2.05) is 37.3 Å². The van der Waals surface area contributed by atoms with Gasteiger partial charge in [-0.25, -0.2) is 4.79 Å². The van der Waals surface area contributed by atoms with Gasteiger partial charge >= 0.3 is 5.97 Å². The summed E-state index contributed by atoms with van der Waals surface area (Å²) in [7, 11) is 0. The molecule has 1 spiro atoms. The first-order chi connectivity index (χ1) is 13.3. The number of ether oxygens (including phenoxy) is 1. The molecule has 2 aliphatic carbocycles. The van der Waals surface area contributed by atoms with Crippen LogP contribution in [0.3, 0.4) is 0 Å². The monoisotopic (exact) mass is 441 g/mol. The van der Waals surface area contributed by atoms with Gasteiger partial charge in [0.25, 0.3) is 0 Å². The highest BCUT2D eigenvalue weighted by Crippen LogP contribution is 2.56. The van der Waals surface area contributed by atoms with E-state index >= 15 is 0 Å². The first kappa shape index (κ1) is 17.9. The van der Waals surface area contributed by atoms with Gasteiger partial charge in [0.2, 0.25) is 5.60 Å². The summed E-state index contributed by atoms with van der Waals surface area (Å²) in [6, 6.07) is 7.80. The summed E-state index contributed by atoms with van der Waals surface area (Å²) in [6.45, 7) is 3.95. The number of hydrogen-bond acceptors (Lipinski definition) is 5. The maximum absolute atomic E-state index is 13.0. The van der Waals surface area contributed by atoms with Crippen molar-refractivity contribution in [2.75, 3.05) is 0 Å². The Kier molecular flexibility index (Phi) is 3.76. The number of halogens is 1. The van der Waals surface area contributed by atoms with Crippen LogP contribution in [0.1, 0.15) is 38.7 Å².